The molecule has 29 heavy (non-hydrogen) atoms. The fourth-order valence-electron chi connectivity index (χ4n) is 3.75. The first-order valence-corrected chi connectivity index (χ1v) is 9.82. The molecule has 1 fully saturated rings. The standard InChI is InChI=1S/C24H24N2O3/c1-17(26-15-14-22(29-24(26)28)20-6-4-3-5-7-20)18-8-10-19(11-9-18)21-12-13-23(27)25(2)16-21/h3-13,16-17,22H,14-15H2,1-2H3/t17-,22?/m0/s1. The highest BCUT2D eigenvalue weighted by Gasteiger charge is 2.31. The summed E-state index contributed by atoms with van der Waals surface area (Å²) in [6.45, 7) is 2.67. The monoisotopic (exact) mass is 388 g/mol. The van der Waals surface area contributed by atoms with E-state index in [1.165, 1.54) is 0 Å². The molecule has 4 rings (SSSR count). The maximum absolute atomic E-state index is 12.6. The Balaban J connectivity index is 1.47. The zero-order valence-electron chi connectivity index (χ0n) is 16.6. The smallest absolute Gasteiger partial charge is 0.410 e. The van der Waals surface area contributed by atoms with Crippen LogP contribution in [0.15, 0.2) is 77.7 Å². The topological polar surface area (TPSA) is 51.5 Å². The maximum atomic E-state index is 12.6. The number of nitrogens with zero attached hydrogens (tertiary/aromatic N) is 2. The van der Waals surface area contributed by atoms with Gasteiger partial charge in [-0.05, 0) is 35.2 Å². The maximum Gasteiger partial charge on any atom is 0.410 e. The molecule has 2 aromatic carbocycles. The second-order valence-corrected chi connectivity index (χ2v) is 7.43. The van der Waals surface area contributed by atoms with E-state index in [1.807, 2.05) is 73.8 Å². The summed E-state index contributed by atoms with van der Waals surface area (Å²) in [5, 5.41) is 0. The van der Waals surface area contributed by atoms with Crippen LogP contribution < -0.4 is 5.56 Å². The summed E-state index contributed by atoms with van der Waals surface area (Å²) in [4.78, 5) is 26.0. The van der Waals surface area contributed by atoms with E-state index in [-0.39, 0.29) is 23.8 Å². The molecule has 1 aliphatic rings. The minimum absolute atomic E-state index is 0.0311. The first-order chi connectivity index (χ1) is 14.0. The fraction of sp³-hybridized carbons (Fsp3) is 0.250. The van der Waals surface area contributed by atoms with Gasteiger partial charge in [-0.2, -0.15) is 0 Å². The van der Waals surface area contributed by atoms with Gasteiger partial charge in [-0.1, -0.05) is 54.6 Å². The van der Waals surface area contributed by atoms with Crippen molar-refractivity contribution in [2.24, 2.45) is 7.05 Å². The van der Waals surface area contributed by atoms with Crippen molar-refractivity contribution in [2.75, 3.05) is 6.54 Å². The quantitative estimate of drug-likeness (QED) is 0.651. The van der Waals surface area contributed by atoms with Crippen molar-refractivity contribution in [3.05, 3.63) is 94.4 Å². The van der Waals surface area contributed by atoms with Crippen molar-refractivity contribution >= 4 is 6.09 Å². The molecule has 0 aliphatic carbocycles. The molecule has 1 amide bonds. The number of carbonyl (C=O) groups is 1. The van der Waals surface area contributed by atoms with E-state index >= 15 is 0 Å². The van der Waals surface area contributed by atoms with Gasteiger partial charge in [0.15, 0.2) is 0 Å². The van der Waals surface area contributed by atoms with Crippen LogP contribution in [-0.4, -0.2) is 22.1 Å². The number of ether oxygens (including phenoxy) is 1. The third-order valence-corrected chi connectivity index (χ3v) is 5.56. The van der Waals surface area contributed by atoms with Crippen molar-refractivity contribution < 1.29 is 9.53 Å². The number of hydrogen-bond donors (Lipinski definition) is 0. The zero-order chi connectivity index (χ0) is 20.4. The molecule has 0 saturated carbocycles. The minimum atomic E-state index is -0.278. The molecule has 5 heteroatoms. The first-order valence-electron chi connectivity index (χ1n) is 9.82. The van der Waals surface area contributed by atoms with Gasteiger partial charge in [-0.3, -0.25) is 4.79 Å². The van der Waals surface area contributed by atoms with Crippen molar-refractivity contribution in [1.29, 1.82) is 0 Å². The third kappa shape index (κ3) is 3.94. The van der Waals surface area contributed by atoms with Crippen LogP contribution in [0.1, 0.15) is 36.6 Å². The van der Waals surface area contributed by atoms with Crippen LogP contribution in [0.2, 0.25) is 0 Å². The van der Waals surface area contributed by atoms with Crippen molar-refractivity contribution in [3.63, 3.8) is 0 Å². The van der Waals surface area contributed by atoms with Crippen molar-refractivity contribution in [1.82, 2.24) is 9.47 Å². The van der Waals surface area contributed by atoms with Crippen LogP contribution in [0.4, 0.5) is 4.79 Å². The van der Waals surface area contributed by atoms with Crippen LogP contribution in [0.25, 0.3) is 11.1 Å². The Hall–Kier alpha value is -3.34. The zero-order valence-corrected chi connectivity index (χ0v) is 16.6. The Kier molecular flexibility index (Phi) is 5.21. The molecular formula is C24H24N2O3. The molecule has 1 aliphatic heterocycles. The molecule has 1 saturated heterocycles. The number of hydrogen-bond acceptors (Lipinski definition) is 3. The molecule has 1 unspecified atom stereocenters. The molecule has 5 nitrogen and oxygen atoms in total. The van der Waals surface area contributed by atoms with Gasteiger partial charge < -0.3 is 14.2 Å². The molecule has 2 heterocycles. The summed E-state index contributed by atoms with van der Waals surface area (Å²) in [6, 6.07) is 21.3. The number of benzene rings is 2. The van der Waals surface area contributed by atoms with E-state index in [4.69, 9.17) is 4.74 Å². The van der Waals surface area contributed by atoms with E-state index in [9.17, 15) is 9.59 Å². The molecule has 2 atom stereocenters. The lowest BCUT2D eigenvalue weighted by atomic mass is 10.0. The average Bonchev–Trinajstić information content (AvgIpc) is 2.76. The van der Waals surface area contributed by atoms with Gasteiger partial charge in [-0.15, -0.1) is 0 Å². The van der Waals surface area contributed by atoms with Crippen LogP contribution in [0.3, 0.4) is 0 Å². The Labute approximate surface area is 170 Å². The van der Waals surface area contributed by atoms with Crippen molar-refractivity contribution in [3.8, 4) is 11.1 Å². The number of rotatable bonds is 4. The van der Waals surface area contributed by atoms with Gasteiger partial charge in [-0.25, -0.2) is 4.79 Å². The Bertz CT molecular complexity index is 1060. The second kappa shape index (κ2) is 7.95. The summed E-state index contributed by atoms with van der Waals surface area (Å²) in [6.07, 6.45) is 2.14. The summed E-state index contributed by atoms with van der Waals surface area (Å²) >= 11 is 0. The fourth-order valence-corrected chi connectivity index (χ4v) is 3.75. The van der Waals surface area contributed by atoms with E-state index in [0.29, 0.717) is 6.54 Å². The third-order valence-electron chi connectivity index (χ3n) is 5.56. The second-order valence-electron chi connectivity index (χ2n) is 7.43. The number of amides is 1. The van der Waals surface area contributed by atoms with Crippen molar-refractivity contribution in [2.45, 2.75) is 25.5 Å². The molecule has 0 N–H and O–H groups in total. The predicted octanol–water partition coefficient (Wildman–Crippen LogP) is 4.70. The lowest BCUT2D eigenvalue weighted by Gasteiger charge is -2.36. The molecule has 0 spiro atoms. The predicted molar refractivity (Wildman–Crippen MR) is 113 cm³/mol. The van der Waals surface area contributed by atoms with Gasteiger partial charge in [0.05, 0.1) is 6.04 Å². The number of pyridine rings is 1. The number of carbonyl (C=O) groups excluding carboxylic acids is 1. The molecule has 3 aromatic rings. The summed E-state index contributed by atoms with van der Waals surface area (Å²) in [5.41, 5.74) is 4.07. The number of aromatic nitrogens is 1. The molecular weight excluding hydrogens is 364 g/mol. The number of cyclic esters (lactones) is 1. The van der Waals surface area contributed by atoms with Crippen LogP contribution in [0.5, 0.6) is 0 Å². The van der Waals surface area contributed by atoms with E-state index in [0.717, 1.165) is 28.7 Å². The molecule has 0 radical (unpaired) electrons. The van der Waals surface area contributed by atoms with E-state index in [1.54, 1.807) is 22.6 Å². The van der Waals surface area contributed by atoms with Crippen LogP contribution in [-0.2, 0) is 11.8 Å². The van der Waals surface area contributed by atoms with E-state index in [2.05, 4.69) is 0 Å². The van der Waals surface area contributed by atoms with Gasteiger partial charge in [0.25, 0.3) is 0 Å². The molecule has 1 aromatic heterocycles. The minimum Gasteiger partial charge on any atom is -0.441 e. The lowest BCUT2D eigenvalue weighted by molar-refractivity contribution is 0.0123. The van der Waals surface area contributed by atoms with Crippen LogP contribution >= 0.6 is 0 Å². The highest BCUT2D eigenvalue weighted by atomic mass is 16.6. The Morgan fingerprint density at radius 3 is 2.28 bits per heavy atom. The van der Waals surface area contributed by atoms with Gasteiger partial charge in [0.2, 0.25) is 5.56 Å². The number of aryl methyl sites for hydroxylation is 1. The lowest BCUT2D eigenvalue weighted by Crippen LogP contribution is -2.40. The largest absolute Gasteiger partial charge is 0.441 e. The van der Waals surface area contributed by atoms with Gasteiger partial charge >= 0.3 is 6.09 Å². The first kappa shape index (κ1) is 19.0. The summed E-state index contributed by atoms with van der Waals surface area (Å²) in [7, 11) is 1.74. The molecule has 0 bridgehead atoms. The highest BCUT2D eigenvalue weighted by Crippen LogP contribution is 2.32. The van der Waals surface area contributed by atoms with Crippen LogP contribution in [0, 0.1) is 0 Å². The normalized spacial score (nSPS) is 17.7. The van der Waals surface area contributed by atoms with E-state index < -0.39 is 0 Å². The Morgan fingerprint density at radius 2 is 1.62 bits per heavy atom. The summed E-state index contributed by atoms with van der Waals surface area (Å²) in [5.74, 6) is 0. The molecule has 148 valence electrons. The SMILES string of the molecule is C[C@@H](c1ccc(-c2ccc(=O)n(C)c2)cc1)N1CCC(c2ccccc2)OC1=O. The van der Waals surface area contributed by atoms with Gasteiger partial charge in [0, 0.05) is 32.3 Å². The average molecular weight is 388 g/mol. The van der Waals surface area contributed by atoms with Gasteiger partial charge in [0.1, 0.15) is 6.10 Å². The Morgan fingerprint density at radius 1 is 0.931 bits per heavy atom. The highest BCUT2D eigenvalue weighted by molar-refractivity contribution is 5.70. The summed E-state index contributed by atoms with van der Waals surface area (Å²) < 4.78 is 7.27.